The van der Waals surface area contributed by atoms with Crippen LogP contribution in [-0.2, 0) is 9.59 Å². The number of rotatable bonds is 5. The average Bonchev–Trinajstić information content (AvgIpc) is 2.35. The van der Waals surface area contributed by atoms with Gasteiger partial charge in [-0.05, 0) is 30.3 Å². The fourth-order valence-corrected chi connectivity index (χ4v) is 1.16. The van der Waals surface area contributed by atoms with Crippen molar-refractivity contribution in [2.24, 2.45) is 0 Å². The van der Waals surface area contributed by atoms with Gasteiger partial charge in [0.05, 0.1) is 0 Å². The molecule has 0 saturated heterocycles. The molecule has 0 unspecified atom stereocenters. The van der Waals surface area contributed by atoms with Crippen LogP contribution >= 0.6 is 0 Å². The topological polar surface area (TPSA) is 74.7 Å². The van der Waals surface area contributed by atoms with Crippen LogP contribution in [0.3, 0.4) is 0 Å². The van der Waals surface area contributed by atoms with Crippen molar-refractivity contribution in [2.45, 2.75) is 0 Å². The van der Waals surface area contributed by atoms with Crippen LogP contribution < -0.4 is 4.90 Å². The molecule has 0 aliphatic carbocycles. The van der Waals surface area contributed by atoms with Crippen molar-refractivity contribution in [1.29, 1.82) is 0 Å². The Morgan fingerprint density at radius 3 is 2.24 bits per heavy atom. The Balaban J connectivity index is 2.84. The summed E-state index contributed by atoms with van der Waals surface area (Å²) in [5.41, 5.74) is 1.02. The number of nitrogens with zero attached hydrogens (tertiary/aromatic N) is 1. The lowest BCUT2D eigenvalue weighted by Crippen LogP contribution is -2.13. The van der Waals surface area contributed by atoms with Crippen molar-refractivity contribution in [1.82, 2.24) is 0 Å². The number of ketones is 1. The van der Waals surface area contributed by atoms with Crippen molar-refractivity contribution >= 4 is 23.9 Å². The summed E-state index contributed by atoms with van der Waals surface area (Å²) < 4.78 is 0. The minimum Gasteiger partial charge on any atom is -0.478 e. The summed E-state index contributed by atoms with van der Waals surface area (Å²) in [4.78, 5) is 33.5. The van der Waals surface area contributed by atoms with E-state index in [1.807, 2.05) is 0 Å². The minimum absolute atomic E-state index is 0.366. The number of hydrogen-bond donors (Lipinski definition) is 1. The first-order valence-corrected chi connectivity index (χ1v) is 4.78. The van der Waals surface area contributed by atoms with Crippen LogP contribution in [0.5, 0.6) is 0 Å². The van der Waals surface area contributed by atoms with Crippen LogP contribution in [0.15, 0.2) is 36.4 Å². The fraction of sp³-hybridized carbons (Fsp3) is 0.0833. The molecule has 0 heterocycles. The predicted octanol–water partition coefficient (Wildman–Crippen LogP) is 1.10. The van der Waals surface area contributed by atoms with E-state index in [1.54, 1.807) is 19.2 Å². The zero-order chi connectivity index (χ0) is 12.8. The number of carbonyl (C=O) groups excluding carboxylic acids is 2. The molecule has 1 N–H and O–H groups in total. The zero-order valence-corrected chi connectivity index (χ0v) is 9.16. The van der Waals surface area contributed by atoms with Gasteiger partial charge in [-0.15, -0.1) is 0 Å². The van der Waals surface area contributed by atoms with Crippen LogP contribution in [0.25, 0.3) is 0 Å². The number of hydrogen-bond acceptors (Lipinski definition) is 3. The molecule has 0 saturated carbocycles. The number of carboxylic acid groups (broad SMARTS) is 1. The van der Waals surface area contributed by atoms with Gasteiger partial charge in [0.25, 0.3) is 0 Å². The summed E-state index contributed by atoms with van der Waals surface area (Å²) in [6.07, 6.45) is 2.43. The van der Waals surface area contributed by atoms with Gasteiger partial charge in [-0.2, -0.15) is 0 Å². The monoisotopic (exact) mass is 233 g/mol. The second-order valence-corrected chi connectivity index (χ2v) is 3.30. The van der Waals surface area contributed by atoms with Crippen molar-refractivity contribution in [3.8, 4) is 0 Å². The summed E-state index contributed by atoms with van der Waals surface area (Å²) >= 11 is 0. The molecule has 0 bridgehead atoms. The lowest BCUT2D eigenvalue weighted by molar-refractivity contribution is -0.131. The van der Waals surface area contributed by atoms with Gasteiger partial charge in [-0.25, -0.2) is 4.79 Å². The molecule has 0 spiro atoms. The molecule has 0 aromatic heterocycles. The van der Waals surface area contributed by atoms with Gasteiger partial charge >= 0.3 is 5.97 Å². The second-order valence-electron chi connectivity index (χ2n) is 3.30. The van der Waals surface area contributed by atoms with Gasteiger partial charge in [0.2, 0.25) is 6.41 Å². The van der Waals surface area contributed by atoms with Gasteiger partial charge in [0.15, 0.2) is 5.78 Å². The van der Waals surface area contributed by atoms with E-state index in [-0.39, 0.29) is 0 Å². The molecule has 1 rings (SSSR count). The molecule has 0 aliphatic rings. The number of carbonyl (C=O) groups is 3. The van der Waals surface area contributed by atoms with E-state index in [0.29, 0.717) is 17.7 Å². The molecule has 1 aromatic carbocycles. The van der Waals surface area contributed by atoms with E-state index in [4.69, 9.17) is 5.11 Å². The maximum atomic E-state index is 11.5. The third-order valence-corrected chi connectivity index (χ3v) is 2.09. The Kier molecular flexibility index (Phi) is 4.16. The zero-order valence-electron chi connectivity index (χ0n) is 9.16. The number of carboxylic acids is 1. The number of amides is 1. The maximum absolute atomic E-state index is 11.5. The summed E-state index contributed by atoms with van der Waals surface area (Å²) in [5.74, 6) is -1.57. The summed E-state index contributed by atoms with van der Waals surface area (Å²) in [6.45, 7) is 0. The molecular formula is C12H11NO4. The number of allylic oxidation sites excluding steroid dienone is 1. The Morgan fingerprint density at radius 2 is 1.76 bits per heavy atom. The van der Waals surface area contributed by atoms with Gasteiger partial charge in [-0.3, -0.25) is 9.59 Å². The van der Waals surface area contributed by atoms with Crippen LogP contribution in [0.2, 0.25) is 0 Å². The summed E-state index contributed by atoms with van der Waals surface area (Å²) in [5, 5.41) is 8.37. The van der Waals surface area contributed by atoms with E-state index in [1.165, 1.54) is 17.0 Å². The first-order chi connectivity index (χ1) is 8.04. The Morgan fingerprint density at radius 1 is 1.18 bits per heavy atom. The van der Waals surface area contributed by atoms with Crippen molar-refractivity contribution in [3.63, 3.8) is 0 Å². The van der Waals surface area contributed by atoms with E-state index >= 15 is 0 Å². The molecular weight excluding hydrogens is 222 g/mol. The van der Waals surface area contributed by atoms with Crippen molar-refractivity contribution < 1.29 is 19.5 Å². The Bertz CT molecular complexity index is 462. The third kappa shape index (κ3) is 3.57. The largest absolute Gasteiger partial charge is 0.478 e. The highest BCUT2D eigenvalue weighted by Crippen LogP contribution is 2.13. The molecule has 17 heavy (non-hydrogen) atoms. The van der Waals surface area contributed by atoms with Gasteiger partial charge in [-0.1, -0.05) is 0 Å². The van der Waals surface area contributed by atoms with Crippen LogP contribution in [0.4, 0.5) is 5.69 Å². The van der Waals surface area contributed by atoms with Crippen LogP contribution in [0, 0.1) is 0 Å². The molecule has 0 atom stereocenters. The average molecular weight is 233 g/mol. The van der Waals surface area contributed by atoms with Gasteiger partial charge < -0.3 is 10.0 Å². The Hall–Kier alpha value is -2.43. The quantitative estimate of drug-likeness (QED) is 0.469. The Labute approximate surface area is 98.0 Å². The number of aliphatic carboxylic acids is 1. The minimum atomic E-state index is -1.17. The first-order valence-electron chi connectivity index (χ1n) is 4.78. The smallest absolute Gasteiger partial charge is 0.328 e. The first kappa shape index (κ1) is 12.6. The molecule has 0 radical (unpaired) electrons. The van der Waals surface area contributed by atoms with E-state index in [9.17, 15) is 14.4 Å². The normalized spacial score (nSPS) is 10.2. The molecule has 1 aromatic rings. The second kappa shape index (κ2) is 5.60. The third-order valence-electron chi connectivity index (χ3n) is 2.09. The summed E-state index contributed by atoms with van der Waals surface area (Å²) in [7, 11) is 1.59. The SMILES string of the molecule is CN(C=O)c1ccc(C(=O)C=CC(=O)O)cc1. The molecule has 0 fully saturated rings. The fourth-order valence-electron chi connectivity index (χ4n) is 1.16. The van der Waals surface area contributed by atoms with Crippen molar-refractivity contribution in [3.05, 3.63) is 42.0 Å². The van der Waals surface area contributed by atoms with E-state index in [0.717, 1.165) is 12.2 Å². The van der Waals surface area contributed by atoms with Crippen molar-refractivity contribution in [2.75, 3.05) is 11.9 Å². The van der Waals surface area contributed by atoms with Gasteiger partial charge in [0, 0.05) is 24.4 Å². The predicted molar refractivity (Wildman–Crippen MR) is 62.0 cm³/mol. The lowest BCUT2D eigenvalue weighted by Gasteiger charge is -2.10. The van der Waals surface area contributed by atoms with Crippen LogP contribution in [0.1, 0.15) is 10.4 Å². The number of anilines is 1. The summed E-state index contributed by atoms with van der Waals surface area (Å²) in [6, 6.07) is 6.28. The van der Waals surface area contributed by atoms with E-state index < -0.39 is 11.8 Å². The molecule has 1 amide bonds. The maximum Gasteiger partial charge on any atom is 0.328 e. The molecule has 5 nitrogen and oxygen atoms in total. The molecule has 88 valence electrons. The highest BCUT2D eigenvalue weighted by molar-refractivity contribution is 6.07. The van der Waals surface area contributed by atoms with E-state index in [2.05, 4.69) is 0 Å². The molecule has 5 heteroatoms. The highest BCUT2D eigenvalue weighted by Gasteiger charge is 2.04. The standard InChI is InChI=1S/C12H11NO4/c1-13(8-14)10-4-2-9(3-5-10)11(15)6-7-12(16)17/h2-8H,1H3,(H,16,17). The number of benzene rings is 1. The highest BCUT2D eigenvalue weighted by atomic mass is 16.4. The van der Waals surface area contributed by atoms with Crippen LogP contribution in [-0.4, -0.2) is 30.3 Å². The lowest BCUT2D eigenvalue weighted by atomic mass is 10.1. The molecule has 0 aliphatic heterocycles. The van der Waals surface area contributed by atoms with Gasteiger partial charge in [0.1, 0.15) is 0 Å².